The highest BCUT2D eigenvalue weighted by Gasteiger charge is 2.11. The lowest BCUT2D eigenvalue weighted by Gasteiger charge is -2.17. The Labute approximate surface area is 119 Å². The van der Waals surface area contributed by atoms with Gasteiger partial charge in [-0.05, 0) is 32.4 Å². The molecule has 1 unspecified atom stereocenters. The molecule has 1 atom stereocenters. The summed E-state index contributed by atoms with van der Waals surface area (Å²) in [5.74, 6) is 3.17. The van der Waals surface area contributed by atoms with Crippen molar-refractivity contribution >= 4 is 11.6 Å². The van der Waals surface area contributed by atoms with Gasteiger partial charge in [-0.25, -0.2) is 9.97 Å². The summed E-state index contributed by atoms with van der Waals surface area (Å²) in [6.45, 7) is 6.09. The number of hydrogen-bond acceptors (Lipinski definition) is 5. The first-order chi connectivity index (χ1) is 9.60. The van der Waals surface area contributed by atoms with Crippen LogP contribution in [0.15, 0.2) is 22.8 Å². The van der Waals surface area contributed by atoms with E-state index in [1.807, 2.05) is 26.0 Å². The number of nitrogens with one attached hydrogen (secondary N) is 1. The van der Waals surface area contributed by atoms with Gasteiger partial charge in [0.15, 0.2) is 0 Å². The topological polar surface area (TPSA) is 77.0 Å². The minimum absolute atomic E-state index is 0.290. The Morgan fingerprint density at radius 3 is 2.85 bits per heavy atom. The van der Waals surface area contributed by atoms with Crippen LogP contribution >= 0.6 is 0 Å². The number of nitrogen functional groups attached to an aromatic ring is 1. The number of furan rings is 1. The highest BCUT2D eigenvalue weighted by molar-refractivity contribution is 5.55. The fourth-order valence-corrected chi connectivity index (χ4v) is 2.00. The van der Waals surface area contributed by atoms with Crippen LogP contribution in [-0.2, 0) is 12.8 Å². The number of nitrogens with two attached hydrogens (primary N) is 1. The van der Waals surface area contributed by atoms with Crippen LogP contribution in [0.3, 0.4) is 0 Å². The number of hydrogen-bond donors (Lipinski definition) is 2. The van der Waals surface area contributed by atoms with Crippen molar-refractivity contribution in [3.8, 4) is 0 Å². The summed E-state index contributed by atoms with van der Waals surface area (Å²) in [7, 11) is 0. The number of aromatic nitrogens is 2. The van der Waals surface area contributed by atoms with E-state index in [9.17, 15) is 0 Å². The maximum atomic E-state index is 5.92. The Hall–Kier alpha value is -2.04. The number of rotatable bonds is 6. The molecular weight excluding hydrogens is 252 g/mol. The summed E-state index contributed by atoms with van der Waals surface area (Å²) in [6.07, 6.45) is 4.36. The van der Waals surface area contributed by atoms with Crippen LogP contribution < -0.4 is 11.1 Å². The van der Waals surface area contributed by atoms with Crippen LogP contribution in [0.4, 0.5) is 11.6 Å². The second-order valence-electron chi connectivity index (χ2n) is 5.02. The van der Waals surface area contributed by atoms with Crippen molar-refractivity contribution in [1.82, 2.24) is 9.97 Å². The molecule has 108 valence electrons. The maximum absolute atomic E-state index is 5.92. The smallest absolute Gasteiger partial charge is 0.134 e. The van der Waals surface area contributed by atoms with Crippen LogP contribution in [0.2, 0.25) is 0 Å². The Kier molecular flexibility index (Phi) is 4.61. The first kappa shape index (κ1) is 14.4. The van der Waals surface area contributed by atoms with Gasteiger partial charge in [-0.3, -0.25) is 0 Å². The minimum Gasteiger partial charge on any atom is -0.469 e. The van der Waals surface area contributed by atoms with E-state index in [-0.39, 0.29) is 6.04 Å². The van der Waals surface area contributed by atoms with Crippen molar-refractivity contribution in [1.29, 1.82) is 0 Å². The Morgan fingerprint density at radius 2 is 2.20 bits per heavy atom. The van der Waals surface area contributed by atoms with Crippen LogP contribution in [-0.4, -0.2) is 16.0 Å². The van der Waals surface area contributed by atoms with Crippen LogP contribution in [0.25, 0.3) is 0 Å². The summed E-state index contributed by atoms with van der Waals surface area (Å²) in [6, 6.07) is 4.20. The van der Waals surface area contributed by atoms with Crippen molar-refractivity contribution in [2.24, 2.45) is 0 Å². The summed E-state index contributed by atoms with van der Waals surface area (Å²) < 4.78 is 5.34. The zero-order valence-electron chi connectivity index (χ0n) is 12.3. The normalized spacial score (nSPS) is 12.3. The highest BCUT2D eigenvalue weighted by atomic mass is 16.3. The van der Waals surface area contributed by atoms with Crippen molar-refractivity contribution in [2.75, 3.05) is 11.1 Å². The first-order valence-corrected chi connectivity index (χ1v) is 7.02. The molecule has 0 amide bonds. The lowest BCUT2D eigenvalue weighted by Crippen LogP contribution is -2.19. The summed E-state index contributed by atoms with van der Waals surface area (Å²) >= 11 is 0. The standard InChI is InChI=1S/C15H22N4O/c1-4-13-18-14(16)11(3)15(19-13)17-10(2)7-8-12-6-5-9-20-12/h5-6,9-10H,4,7-8H2,1-3H3,(H3,16,17,18,19). The van der Waals surface area contributed by atoms with Crippen LogP contribution in [0, 0.1) is 6.92 Å². The van der Waals surface area contributed by atoms with Gasteiger partial charge in [0.2, 0.25) is 0 Å². The monoisotopic (exact) mass is 274 g/mol. The third-order valence-electron chi connectivity index (χ3n) is 3.33. The van der Waals surface area contributed by atoms with Crippen LogP contribution in [0.5, 0.6) is 0 Å². The molecule has 2 heterocycles. The molecule has 0 spiro atoms. The van der Waals surface area contributed by atoms with E-state index >= 15 is 0 Å². The molecule has 0 bridgehead atoms. The van der Waals surface area contributed by atoms with Gasteiger partial charge in [0.05, 0.1) is 6.26 Å². The van der Waals surface area contributed by atoms with Crippen molar-refractivity contribution in [3.63, 3.8) is 0 Å². The SMILES string of the molecule is CCc1nc(N)c(C)c(NC(C)CCc2ccco2)n1. The van der Waals surface area contributed by atoms with Gasteiger partial charge in [-0.1, -0.05) is 6.92 Å². The van der Waals surface area contributed by atoms with Gasteiger partial charge in [-0.15, -0.1) is 0 Å². The average molecular weight is 274 g/mol. The number of anilines is 2. The second kappa shape index (κ2) is 6.41. The lowest BCUT2D eigenvalue weighted by atomic mass is 10.1. The molecule has 0 aliphatic carbocycles. The second-order valence-corrected chi connectivity index (χ2v) is 5.02. The molecule has 0 aromatic carbocycles. The van der Waals surface area contributed by atoms with Gasteiger partial charge in [0.25, 0.3) is 0 Å². The Bertz CT molecular complexity index is 551. The molecule has 0 fully saturated rings. The van der Waals surface area contributed by atoms with Crippen LogP contribution in [0.1, 0.15) is 37.4 Å². The van der Waals surface area contributed by atoms with Gasteiger partial charge in [-0.2, -0.15) is 0 Å². The fourth-order valence-electron chi connectivity index (χ4n) is 2.00. The zero-order valence-corrected chi connectivity index (χ0v) is 12.3. The van der Waals surface area contributed by atoms with Gasteiger partial charge >= 0.3 is 0 Å². The molecule has 0 aliphatic rings. The van der Waals surface area contributed by atoms with E-state index in [1.54, 1.807) is 6.26 Å². The zero-order chi connectivity index (χ0) is 14.5. The Balaban J connectivity index is 1.99. The van der Waals surface area contributed by atoms with E-state index in [2.05, 4.69) is 22.2 Å². The predicted molar refractivity (Wildman–Crippen MR) is 80.7 cm³/mol. The van der Waals surface area contributed by atoms with Crippen molar-refractivity contribution < 1.29 is 4.42 Å². The van der Waals surface area contributed by atoms with E-state index < -0.39 is 0 Å². The third kappa shape index (κ3) is 3.50. The Morgan fingerprint density at radius 1 is 1.40 bits per heavy atom. The molecule has 0 aliphatic heterocycles. The molecule has 5 nitrogen and oxygen atoms in total. The van der Waals surface area contributed by atoms with Crippen molar-refractivity contribution in [3.05, 3.63) is 35.5 Å². The number of nitrogens with zero attached hydrogens (tertiary/aromatic N) is 2. The summed E-state index contributed by atoms with van der Waals surface area (Å²) in [5, 5.41) is 3.42. The molecule has 5 heteroatoms. The van der Waals surface area contributed by atoms with E-state index in [0.29, 0.717) is 5.82 Å². The number of aryl methyl sites for hydroxylation is 2. The highest BCUT2D eigenvalue weighted by Crippen LogP contribution is 2.19. The minimum atomic E-state index is 0.290. The lowest BCUT2D eigenvalue weighted by molar-refractivity contribution is 0.494. The molecule has 0 saturated heterocycles. The molecule has 0 radical (unpaired) electrons. The van der Waals surface area contributed by atoms with Gasteiger partial charge < -0.3 is 15.5 Å². The largest absolute Gasteiger partial charge is 0.469 e. The van der Waals surface area contributed by atoms with Gasteiger partial charge in [0.1, 0.15) is 23.2 Å². The molecule has 2 aromatic rings. The molecule has 20 heavy (non-hydrogen) atoms. The van der Waals surface area contributed by atoms with E-state index in [0.717, 1.165) is 42.2 Å². The maximum Gasteiger partial charge on any atom is 0.134 e. The molecule has 2 aromatic heterocycles. The average Bonchev–Trinajstić information content (AvgIpc) is 2.94. The van der Waals surface area contributed by atoms with Crippen molar-refractivity contribution in [2.45, 2.75) is 46.1 Å². The molecule has 3 N–H and O–H groups in total. The molecular formula is C15H22N4O. The summed E-state index contributed by atoms with van der Waals surface area (Å²) in [4.78, 5) is 8.77. The first-order valence-electron chi connectivity index (χ1n) is 7.02. The molecule has 2 rings (SSSR count). The predicted octanol–water partition coefficient (Wildman–Crippen LogP) is 2.96. The van der Waals surface area contributed by atoms with Gasteiger partial charge in [0, 0.05) is 24.4 Å². The quantitative estimate of drug-likeness (QED) is 0.846. The van der Waals surface area contributed by atoms with E-state index in [1.165, 1.54) is 0 Å². The fraction of sp³-hybridized carbons (Fsp3) is 0.467. The third-order valence-corrected chi connectivity index (χ3v) is 3.33. The van der Waals surface area contributed by atoms with E-state index in [4.69, 9.17) is 10.2 Å². The molecule has 0 saturated carbocycles. The summed E-state index contributed by atoms with van der Waals surface area (Å²) in [5.41, 5.74) is 6.83.